The lowest BCUT2D eigenvalue weighted by atomic mass is 9.82. The third kappa shape index (κ3) is 3.43. The first kappa shape index (κ1) is 11.7. The van der Waals surface area contributed by atoms with E-state index in [2.05, 4.69) is 0 Å². The largest absolute Gasteiger partial charge is 0.478 e. The topological polar surface area (TPSA) is 0 Å². The highest BCUT2D eigenvalue weighted by atomic mass is 35.5. The van der Waals surface area contributed by atoms with Crippen molar-refractivity contribution in [2.75, 3.05) is 0 Å². The van der Waals surface area contributed by atoms with Gasteiger partial charge in [-0.3, -0.25) is 0 Å². The minimum atomic E-state index is -4.77. The van der Waals surface area contributed by atoms with Crippen molar-refractivity contribution in [2.24, 2.45) is 0 Å². The summed E-state index contributed by atoms with van der Waals surface area (Å²) in [5.41, 5.74) is 0.370. The maximum Gasteiger partial charge on any atom is 0.478 e. The summed E-state index contributed by atoms with van der Waals surface area (Å²) in [6.07, 6.45) is -0.995. The molecule has 6 heteroatoms. The molecule has 0 bridgehead atoms. The van der Waals surface area contributed by atoms with Gasteiger partial charge in [0.15, 0.2) is 0 Å². The molecule has 0 aliphatic carbocycles. The van der Waals surface area contributed by atoms with Gasteiger partial charge in [0.2, 0.25) is 0 Å². The van der Waals surface area contributed by atoms with E-state index in [1.54, 1.807) is 6.07 Å². The normalized spacial score (nSPS) is 11.8. The zero-order valence-electron chi connectivity index (χ0n) is 7.11. The van der Waals surface area contributed by atoms with E-state index in [0.717, 1.165) is 0 Å². The monoisotopic (exact) mass is 241 g/mol. The average Bonchev–Trinajstić information content (AvgIpc) is 2.01. The van der Waals surface area contributed by atoms with E-state index in [0.29, 0.717) is 5.56 Å². The highest BCUT2D eigenvalue weighted by molar-refractivity contribution is 6.58. The molecule has 0 unspecified atom stereocenters. The van der Waals surface area contributed by atoms with Crippen molar-refractivity contribution < 1.29 is 12.9 Å². The minimum Gasteiger partial charge on any atom is -0.449 e. The first-order valence-electron chi connectivity index (χ1n) is 4.04. The van der Waals surface area contributed by atoms with Gasteiger partial charge in [0, 0.05) is 10.0 Å². The van der Waals surface area contributed by atoms with Crippen LogP contribution in [0, 0.1) is 0 Å². The Morgan fingerprint density at radius 1 is 1.07 bits per heavy atom. The summed E-state index contributed by atoms with van der Waals surface area (Å²) < 4.78 is 35.9. The lowest BCUT2D eigenvalue weighted by Crippen LogP contribution is -2.15. The van der Waals surface area contributed by atoms with Crippen LogP contribution in [0.5, 0.6) is 0 Å². The van der Waals surface area contributed by atoms with Crippen LogP contribution in [0.2, 0.25) is 16.4 Å². The van der Waals surface area contributed by atoms with Crippen LogP contribution in [-0.2, 0) is 6.42 Å². The van der Waals surface area contributed by atoms with Crippen molar-refractivity contribution in [3.05, 3.63) is 33.8 Å². The van der Waals surface area contributed by atoms with Gasteiger partial charge in [0.25, 0.3) is 0 Å². The second kappa shape index (κ2) is 4.45. The Bertz CT molecular complexity index is 305. The molecule has 0 saturated heterocycles. The summed E-state index contributed by atoms with van der Waals surface area (Å²) in [6, 6.07) is 4.67. The summed E-state index contributed by atoms with van der Waals surface area (Å²) in [5.74, 6) is 0. The lowest BCUT2D eigenvalue weighted by Gasteiger charge is -2.14. The molecule has 0 fully saturated rings. The first-order chi connectivity index (χ1) is 6.40. The third-order valence-corrected chi connectivity index (χ3v) is 2.49. The molecule has 0 spiro atoms. The van der Waals surface area contributed by atoms with Crippen molar-refractivity contribution >= 4 is 30.2 Å². The Hall–Kier alpha value is -0.345. The van der Waals surface area contributed by atoms with Crippen LogP contribution in [0.15, 0.2) is 18.2 Å². The van der Waals surface area contributed by atoms with Crippen LogP contribution in [0.4, 0.5) is 12.9 Å². The average molecular weight is 242 g/mol. The van der Waals surface area contributed by atoms with Gasteiger partial charge in [-0.15, -0.1) is 0 Å². The fourth-order valence-corrected chi connectivity index (χ4v) is 1.67. The zero-order chi connectivity index (χ0) is 10.8. The predicted molar refractivity (Wildman–Crippen MR) is 54.1 cm³/mol. The minimum absolute atomic E-state index is 0.151. The van der Waals surface area contributed by atoms with Crippen LogP contribution < -0.4 is 0 Å². The summed E-state index contributed by atoms with van der Waals surface area (Å²) in [4.78, 5) is 0. The van der Waals surface area contributed by atoms with E-state index >= 15 is 0 Å². The molecule has 0 heterocycles. The van der Waals surface area contributed by atoms with E-state index < -0.39 is 13.3 Å². The highest BCUT2D eigenvalue weighted by Gasteiger charge is 2.23. The van der Waals surface area contributed by atoms with Crippen molar-refractivity contribution in [1.29, 1.82) is 0 Å². The van der Waals surface area contributed by atoms with Gasteiger partial charge in [-0.05, 0) is 24.1 Å². The quantitative estimate of drug-likeness (QED) is 0.689. The molecule has 0 amide bonds. The second-order valence-electron chi connectivity index (χ2n) is 2.95. The predicted octanol–water partition coefficient (Wildman–Crippen LogP) is 4.38. The van der Waals surface area contributed by atoms with Crippen LogP contribution in [0.1, 0.15) is 5.56 Å². The molecule has 1 aromatic rings. The summed E-state index contributed by atoms with van der Waals surface area (Å²) >= 11 is 11.4. The number of hydrogen-bond acceptors (Lipinski definition) is 0. The van der Waals surface area contributed by atoms with Gasteiger partial charge in [-0.2, -0.15) is 0 Å². The fourth-order valence-electron chi connectivity index (χ4n) is 1.08. The summed E-state index contributed by atoms with van der Waals surface area (Å²) in [5, 5.41) is 0.579. The lowest BCUT2D eigenvalue weighted by molar-refractivity contribution is 0.468. The first-order valence-corrected chi connectivity index (χ1v) is 4.79. The molecule has 78 valence electrons. The van der Waals surface area contributed by atoms with Gasteiger partial charge in [-0.25, -0.2) is 0 Å². The van der Waals surface area contributed by atoms with E-state index in [9.17, 15) is 12.9 Å². The Morgan fingerprint density at radius 2 is 1.57 bits per heavy atom. The van der Waals surface area contributed by atoms with Crippen LogP contribution in [-0.4, -0.2) is 6.98 Å². The van der Waals surface area contributed by atoms with Crippen molar-refractivity contribution in [3.8, 4) is 0 Å². The molecule has 0 N–H and O–H groups in total. The number of halogens is 5. The molecule has 0 aromatic heterocycles. The molecule has 0 aliphatic heterocycles. The highest BCUT2D eigenvalue weighted by Crippen LogP contribution is 2.28. The molecular formula is C8H7BCl2F3-. The zero-order valence-corrected chi connectivity index (χ0v) is 8.63. The molecule has 0 aliphatic rings. The Kier molecular flexibility index (Phi) is 3.73. The molecule has 14 heavy (non-hydrogen) atoms. The van der Waals surface area contributed by atoms with Gasteiger partial charge >= 0.3 is 6.98 Å². The molecule has 1 rings (SSSR count). The molecule has 0 nitrogen and oxygen atoms in total. The van der Waals surface area contributed by atoms with Crippen LogP contribution >= 0.6 is 23.2 Å². The van der Waals surface area contributed by atoms with Crippen molar-refractivity contribution in [3.63, 3.8) is 0 Å². The van der Waals surface area contributed by atoms with Crippen molar-refractivity contribution in [1.82, 2.24) is 0 Å². The van der Waals surface area contributed by atoms with Gasteiger partial charge in [0.05, 0.1) is 0 Å². The van der Waals surface area contributed by atoms with Gasteiger partial charge in [-0.1, -0.05) is 35.6 Å². The standard InChI is InChI=1S/C8H7BCl2F3/c10-7-2-1-3-8(11)6(7)4-5-9(12,13)14/h1-3H,4-5H2/q-1. The summed E-state index contributed by atoms with van der Waals surface area (Å²) in [6.45, 7) is -4.77. The van der Waals surface area contributed by atoms with Crippen LogP contribution in [0.25, 0.3) is 0 Å². The Labute approximate surface area is 90.1 Å². The maximum atomic E-state index is 12.0. The third-order valence-electron chi connectivity index (χ3n) is 1.78. The van der Waals surface area contributed by atoms with E-state index in [1.807, 2.05) is 0 Å². The fraction of sp³-hybridized carbons (Fsp3) is 0.250. The Morgan fingerprint density at radius 3 is 2.00 bits per heavy atom. The number of benzene rings is 1. The van der Waals surface area contributed by atoms with Gasteiger partial charge < -0.3 is 12.9 Å². The smallest absolute Gasteiger partial charge is 0.449 e. The van der Waals surface area contributed by atoms with Gasteiger partial charge in [0.1, 0.15) is 0 Å². The molecular weight excluding hydrogens is 235 g/mol. The number of rotatable bonds is 3. The SMILES string of the molecule is F[B-](F)(F)CCc1c(Cl)cccc1Cl. The molecule has 0 atom stereocenters. The molecule has 0 radical (unpaired) electrons. The maximum absolute atomic E-state index is 12.0. The van der Waals surface area contributed by atoms with E-state index in [-0.39, 0.29) is 16.5 Å². The van der Waals surface area contributed by atoms with E-state index in [4.69, 9.17) is 23.2 Å². The summed E-state index contributed by atoms with van der Waals surface area (Å²) in [7, 11) is 0. The van der Waals surface area contributed by atoms with E-state index in [1.165, 1.54) is 12.1 Å². The second-order valence-corrected chi connectivity index (χ2v) is 3.76. The van der Waals surface area contributed by atoms with Crippen LogP contribution in [0.3, 0.4) is 0 Å². The Balaban J connectivity index is 2.77. The molecule has 1 aromatic carbocycles. The molecule has 0 saturated carbocycles. The van der Waals surface area contributed by atoms with Crippen molar-refractivity contribution in [2.45, 2.75) is 12.7 Å². The number of hydrogen-bond donors (Lipinski definition) is 0.